The molecule has 0 aliphatic carbocycles. The minimum Gasteiger partial charge on any atom is -0.383 e. The lowest BCUT2D eigenvalue weighted by Crippen LogP contribution is -2.18. The average molecular weight is 276 g/mol. The van der Waals surface area contributed by atoms with Crippen LogP contribution in [0.2, 0.25) is 0 Å². The number of halogens is 1. The highest BCUT2D eigenvalue weighted by Gasteiger charge is 2.15. The van der Waals surface area contributed by atoms with Gasteiger partial charge >= 0.3 is 0 Å². The van der Waals surface area contributed by atoms with Gasteiger partial charge in [0.05, 0.1) is 17.1 Å². The molecule has 0 atom stereocenters. The van der Waals surface area contributed by atoms with Gasteiger partial charge in [-0.25, -0.2) is 9.37 Å². The molecule has 104 valence electrons. The number of hydrogen-bond donors (Lipinski definition) is 1. The van der Waals surface area contributed by atoms with Crippen LogP contribution in [-0.4, -0.2) is 16.5 Å². The van der Waals surface area contributed by atoms with E-state index in [0.717, 1.165) is 0 Å². The van der Waals surface area contributed by atoms with Crippen LogP contribution in [0.5, 0.6) is 0 Å². The van der Waals surface area contributed by atoms with E-state index >= 15 is 0 Å². The lowest BCUT2D eigenvalue weighted by atomic mass is 10.2. The smallest absolute Gasteiger partial charge is 0.276 e. The van der Waals surface area contributed by atoms with E-state index in [4.69, 9.17) is 5.73 Å². The van der Waals surface area contributed by atoms with Gasteiger partial charge in [-0.1, -0.05) is 0 Å². The third kappa shape index (κ3) is 2.82. The number of benzene rings is 1. The second kappa shape index (κ2) is 5.52. The van der Waals surface area contributed by atoms with E-state index in [-0.39, 0.29) is 17.3 Å². The summed E-state index contributed by atoms with van der Waals surface area (Å²) in [6.07, 6.45) is 0. The predicted octanol–water partition coefficient (Wildman–Crippen LogP) is 2.87. The Balaban J connectivity index is 2.46. The number of anilines is 3. The van der Waals surface area contributed by atoms with Crippen molar-refractivity contribution in [2.24, 2.45) is 0 Å². The van der Waals surface area contributed by atoms with Crippen molar-refractivity contribution in [3.05, 3.63) is 52.3 Å². The first-order valence-electron chi connectivity index (χ1n) is 5.96. The fraction of sp³-hybridized carbons (Fsp3) is 0.154. The molecule has 2 N–H and O–H groups in total. The average Bonchev–Trinajstić information content (AvgIpc) is 2.41. The van der Waals surface area contributed by atoms with Crippen LogP contribution in [0.1, 0.15) is 6.92 Å². The summed E-state index contributed by atoms with van der Waals surface area (Å²) in [5, 5.41) is 10.9. The van der Waals surface area contributed by atoms with Crippen molar-refractivity contribution in [3.8, 4) is 0 Å². The normalized spacial score (nSPS) is 10.3. The number of rotatable bonds is 4. The second-order valence-corrected chi connectivity index (χ2v) is 4.09. The first-order valence-corrected chi connectivity index (χ1v) is 5.96. The molecule has 0 spiro atoms. The van der Waals surface area contributed by atoms with Crippen molar-refractivity contribution >= 4 is 23.0 Å². The van der Waals surface area contributed by atoms with Crippen molar-refractivity contribution in [2.45, 2.75) is 6.92 Å². The summed E-state index contributed by atoms with van der Waals surface area (Å²) in [7, 11) is 0. The first-order chi connectivity index (χ1) is 9.51. The minimum atomic E-state index is -0.528. The highest BCUT2D eigenvalue weighted by atomic mass is 19.1. The van der Waals surface area contributed by atoms with Crippen molar-refractivity contribution in [3.63, 3.8) is 0 Å². The summed E-state index contributed by atoms with van der Waals surface area (Å²) in [5.41, 5.74) is 6.14. The van der Waals surface area contributed by atoms with Gasteiger partial charge in [-0.2, -0.15) is 0 Å². The number of aromatic nitrogens is 1. The van der Waals surface area contributed by atoms with Crippen LogP contribution in [0.25, 0.3) is 0 Å². The van der Waals surface area contributed by atoms with Gasteiger partial charge in [-0.3, -0.25) is 10.1 Å². The largest absolute Gasteiger partial charge is 0.383 e. The van der Waals surface area contributed by atoms with E-state index in [1.165, 1.54) is 24.3 Å². The number of pyridine rings is 1. The maximum absolute atomic E-state index is 12.9. The fourth-order valence-corrected chi connectivity index (χ4v) is 1.86. The van der Waals surface area contributed by atoms with Gasteiger partial charge in [-0.05, 0) is 31.2 Å². The Morgan fingerprint density at radius 3 is 2.55 bits per heavy atom. The lowest BCUT2D eigenvalue weighted by Gasteiger charge is -2.22. The summed E-state index contributed by atoms with van der Waals surface area (Å²) in [6.45, 7) is 2.37. The number of nitro groups is 1. The van der Waals surface area contributed by atoms with Crippen molar-refractivity contribution < 1.29 is 9.31 Å². The van der Waals surface area contributed by atoms with Gasteiger partial charge in [0, 0.05) is 12.2 Å². The van der Waals surface area contributed by atoms with Gasteiger partial charge in [0.15, 0.2) is 0 Å². The van der Waals surface area contributed by atoms with E-state index in [1.807, 2.05) is 6.92 Å². The SMILES string of the molecule is CCN(c1ccc(F)cc1)c1cc([N+](=O)[O-])cc(N)n1. The molecule has 1 aromatic carbocycles. The van der Waals surface area contributed by atoms with Gasteiger partial charge in [0.2, 0.25) is 0 Å². The third-order valence-electron chi connectivity index (χ3n) is 2.76. The molecule has 7 heteroatoms. The Kier molecular flexibility index (Phi) is 3.79. The van der Waals surface area contributed by atoms with Crippen LogP contribution in [0.3, 0.4) is 0 Å². The molecule has 2 aromatic rings. The number of hydrogen-bond acceptors (Lipinski definition) is 5. The van der Waals surface area contributed by atoms with Crippen molar-refractivity contribution in [1.29, 1.82) is 0 Å². The zero-order valence-electron chi connectivity index (χ0n) is 10.8. The fourth-order valence-electron chi connectivity index (χ4n) is 1.86. The van der Waals surface area contributed by atoms with Crippen LogP contribution in [0.4, 0.5) is 27.4 Å². The maximum atomic E-state index is 12.9. The summed E-state index contributed by atoms with van der Waals surface area (Å²) < 4.78 is 12.9. The van der Waals surface area contributed by atoms with Crippen LogP contribution in [0.15, 0.2) is 36.4 Å². The van der Waals surface area contributed by atoms with E-state index in [2.05, 4.69) is 4.98 Å². The Morgan fingerprint density at radius 2 is 2.00 bits per heavy atom. The van der Waals surface area contributed by atoms with E-state index in [9.17, 15) is 14.5 Å². The summed E-state index contributed by atoms with van der Waals surface area (Å²) in [5.74, 6) is 0.0666. The summed E-state index contributed by atoms with van der Waals surface area (Å²) >= 11 is 0. The van der Waals surface area contributed by atoms with Gasteiger partial charge in [-0.15, -0.1) is 0 Å². The number of nitrogens with zero attached hydrogens (tertiary/aromatic N) is 3. The Bertz CT molecular complexity index is 631. The van der Waals surface area contributed by atoms with Crippen LogP contribution in [0, 0.1) is 15.9 Å². The molecule has 20 heavy (non-hydrogen) atoms. The van der Waals surface area contributed by atoms with E-state index < -0.39 is 4.92 Å². The molecule has 0 aliphatic heterocycles. The van der Waals surface area contributed by atoms with Crippen LogP contribution >= 0.6 is 0 Å². The minimum absolute atomic E-state index is 0.0646. The molecule has 2 rings (SSSR count). The molecule has 0 fully saturated rings. The molecule has 1 aromatic heterocycles. The zero-order valence-corrected chi connectivity index (χ0v) is 10.8. The van der Waals surface area contributed by atoms with E-state index in [0.29, 0.717) is 18.1 Å². The summed E-state index contributed by atoms with van der Waals surface area (Å²) in [6, 6.07) is 8.33. The maximum Gasteiger partial charge on any atom is 0.276 e. The Labute approximate surface area is 114 Å². The molecule has 0 bridgehead atoms. The monoisotopic (exact) mass is 276 g/mol. The molecule has 0 saturated heterocycles. The molecule has 0 saturated carbocycles. The topological polar surface area (TPSA) is 85.3 Å². The number of nitrogen functional groups attached to an aromatic ring is 1. The highest BCUT2D eigenvalue weighted by molar-refractivity contribution is 5.64. The van der Waals surface area contributed by atoms with Gasteiger partial charge < -0.3 is 10.6 Å². The molecule has 0 aliphatic rings. The Morgan fingerprint density at radius 1 is 1.35 bits per heavy atom. The molecule has 0 radical (unpaired) electrons. The standard InChI is InChI=1S/C13H13FN4O2/c1-2-17(10-5-3-9(14)4-6-10)13-8-11(18(19)20)7-12(15)16-13/h3-8H,2H2,1H3,(H2,15,16). The molecule has 0 amide bonds. The molecular weight excluding hydrogens is 263 g/mol. The zero-order chi connectivity index (χ0) is 14.7. The molecule has 6 nitrogen and oxygen atoms in total. The molecule has 1 heterocycles. The quantitative estimate of drug-likeness (QED) is 0.685. The molecule has 0 unspecified atom stereocenters. The van der Waals surface area contributed by atoms with Crippen molar-refractivity contribution in [2.75, 3.05) is 17.2 Å². The summed E-state index contributed by atoms with van der Waals surface area (Å²) in [4.78, 5) is 16.1. The van der Waals surface area contributed by atoms with E-state index in [1.54, 1.807) is 17.0 Å². The lowest BCUT2D eigenvalue weighted by molar-refractivity contribution is -0.384. The van der Waals surface area contributed by atoms with Gasteiger partial charge in [0.25, 0.3) is 5.69 Å². The third-order valence-corrected chi connectivity index (χ3v) is 2.76. The van der Waals surface area contributed by atoms with Crippen molar-refractivity contribution in [1.82, 2.24) is 4.98 Å². The predicted molar refractivity (Wildman–Crippen MR) is 74.4 cm³/mol. The van der Waals surface area contributed by atoms with Crippen LogP contribution < -0.4 is 10.6 Å². The second-order valence-electron chi connectivity index (χ2n) is 4.09. The highest BCUT2D eigenvalue weighted by Crippen LogP contribution is 2.27. The number of nitrogens with two attached hydrogens (primary N) is 1. The van der Waals surface area contributed by atoms with Gasteiger partial charge in [0.1, 0.15) is 17.5 Å². The van der Waals surface area contributed by atoms with Crippen LogP contribution in [-0.2, 0) is 0 Å². The molecular formula is C13H13FN4O2. The Hall–Kier alpha value is -2.70. The first kappa shape index (κ1) is 13.7.